The molecule has 114 valence electrons. The van der Waals surface area contributed by atoms with Gasteiger partial charge in [-0.15, -0.1) is 0 Å². The second-order valence-electron chi connectivity index (χ2n) is 5.55. The highest BCUT2D eigenvalue weighted by atomic mass is 16.6. The van der Waals surface area contributed by atoms with Crippen molar-refractivity contribution >= 4 is 17.3 Å². The van der Waals surface area contributed by atoms with E-state index in [2.05, 4.69) is 17.6 Å². The van der Waals surface area contributed by atoms with E-state index in [1.54, 1.807) is 13.0 Å². The Morgan fingerprint density at radius 3 is 2.90 bits per heavy atom. The number of nitrogens with one attached hydrogen (secondary N) is 2. The zero-order chi connectivity index (χ0) is 15.4. The Labute approximate surface area is 124 Å². The quantitative estimate of drug-likeness (QED) is 0.659. The lowest BCUT2D eigenvalue weighted by Gasteiger charge is -2.29. The van der Waals surface area contributed by atoms with Gasteiger partial charge in [0.2, 0.25) is 5.91 Å². The summed E-state index contributed by atoms with van der Waals surface area (Å²) in [6, 6.07) is 4.29. The highest BCUT2D eigenvalue weighted by molar-refractivity contribution is 5.95. The normalized spacial score (nSPS) is 21.8. The summed E-state index contributed by atoms with van der Waals surface area (Å²) in [5.74, 6) is 0.519. The largest absolute Gasteiger partial charge is 0.324 e. The van der Waals surface area contributed by atoms with Crippen LogP contribution in [0, 0.1) is 23.0 Å². The Balaban J connectivity index is 2.04. The van der Waals surface area contributed by atoms with E-state index in [0.29, 0.717) is 17.2 Å². The van der Waals surface area contributed by atoms with Crippen molar-refractivity contribution in [1.29, 1.82) is 0 Å². The lowest BCUT2D eigenvalue weighted by molar-refractivity contribution is -0.384. The topological polar surface area (TPSA) is 84.3 Å². The minimum absolute atomic E-state index is 0.0346. The molecular formula is C15H21N3O3. The molecule has 21 heavy (non-hydrogen) atoms. The van der Waals surface area contributed by atoms with Crippen molar-refractivity contribution in [3.63, 3.8) is 0 Å². The maximum absolute atomic E-state index is 12.3. The van der Waals surface area contributed by atoms with Crippen LogP contribution in [0.15, 0.2) is 18.2 Å². The van der Waals surface area contributed by atoms with Crippen LogP contribution in [0.2, 0.25) is 0 Å². The summed E-state index contributed by atoms with van der Waals surface area (Å²) in [7, 11) is 0. The third-order valence-corrected chi connectivity index (χ3v) is 4.08. The minimum atomic E-state index is -0.437. The van der Waals surface area contributed by atoms with Crippen LogP contribution in [0.4, 0.5) is 11.4 Å². The fourth-order valence-corrected chi connectivity index (χ4v) is 2.69. The van der Waals surface area contributed by atoms with E-state index in [0.717, 1.165) is 25.8 Å². The number of piperidine rings is 1. The summed E-state index contributed by atoms with van der Waals surface area (Å²) in [5, 5.41) is 16.8. The number of benzene rings is 1. The number of non-ortho nitro benzene ring substituents is 1. The molecule has 6 nitrogen and oxygen atoms in total. The van der Waals surface area contributed by atoms with Crippen molar-refractivity contribution in [3.05, 3.63) is 33.9 Å². The molecule has 0 radical (unpaired) electrons. The first-order valence-corrected chi connectivity index (χ1v) is 7.30. The van der Waals surface area contributed by atoms with E-state index in [1.807, 2.05) is 0 Å². The molecule has 1 amide bonds. The summed E-state index contributed by atoms with van der Waals surface area (Å²) in [6.45, 7) is 4.76. The SMILES string of the molecule is CCC1CCNC(C(=O)Nc2ccc([N+](=O)[O-])cc2C)C1. The lowest BCUT2D eigenvalue weighted by Crippen LogP contribution is -2.46. The van der Waals surface area contributed by atoms with Crippen molar-refractivity contribution in [3.8, 4) is 0 Å². The Hall–Kier alpha value is -1.95. The number of hydrogen-bond acceptors (Lipinski definition) is 4. The molecule has 1 aliphatic rings. The molecule has 0 aromatic heterocycles. The lowest BCUT2D eigenvalue weighted by atomic mass is 9.90. The van der Waals surface area contributed by atoms with Crippen LogP contribution in [0.5, 0.6) is 0 Å². The highest BCUT2D eigenvalue weighted by Crippen LogP contribution is 2.23. The number of hydrogen-bond donors (Lipinski definition) is 2. The van der Waals surface area contributed by atoms with Gasteiger partial charge in [-0.2, -0.15) is 0 Å². The Morgan fingerprint density at radius 2 is 2.29 bits per heavy atom. The molecule has 1 aliphatic heterocycles. The molecule has 1 saturated heterocycles. The molecule has 2 N–H and O–H groups in total. The summed E-state index contributed by atoms with van der Waals surface area (Å²) in [6.07, 6.45) is 3.03. The molecule has 0 aliphatic carbocycles. The number of rotatable bonds is 4. The number of nitrogens with zero attached hydrogens (tertiary/aromatic N) is 1. The van der Waals surface area contributed by atoms with Crippen molar-refractivity contribution in [2.75, 3.05) is 11.9 Å². The molecule has 0 saturated carbocycles. The number of nitro benzene ring substituents is 1. The van der Waals surface area contributed by atoms with Crippen LogP contribution in [-0.2, 0) is 4.79 Å². The van der Waals surface area contributed by atoms with Gasteiger partial charge in [-0.25, -0.2) is 0 Å². The Kier molecular flexibility index (Phi) is 4.90. The number of amides is 1. The Morgan fingerprint density at radius 1 is 1.52 bits per heavy atom. The number of nitro groups is 1. The van der Waals surface area contributed by atoms with Crippen LogP contribution in [0.1, 0.15) is 31.7 Å². The van der Waals surface area contributed by atoms with Gasteiger partial charge in [0.25, 0.3) is 5.69 Å². The number of anilines is 1. The first-order valence-electron chi connectivity index (χ1n) is 7.30. The van der Waals surface area contributed by atoms with Crippen molar-refractivity contribution < 1.29 is 9.72 Å². The van der Waals surface area contributed by atoms with Gasteiger partial charge >= 0.3 is 0 Å². The summed E-state index contributed by atoms with van der Waals surface area (Å²) < 4.78 is 0. The van der Waals surface area contributed by atoms with Crippen LogP contribution >= 0.6 is 0 Å². The zero-order valence-electron chi connectivity index (χ0n) is 12.4. The molecule has 0 spiro atoms. The first kappa shape index (κ1) is 15.4. The fraction of sp³-hybridized carbons (Fsp3) is 0.533. The van der Waals surface area contributed by atoms with Crippen molar-refractivity contribution in [2.24, 2.45) is 5.92 Å². The fourth-order valence-electron chi connectivity index (χ4n) is 2.69. The van der Waals surface area contributed by atoms with Gasteiger partial charge < -0.3 is 10.6 Å². The maximum Gasteiger partial charge on any atom is 0.269 e. The maximum atomic E-state index is 12.3. The minimum Gasteiger partial charge on any atom is -0.324 e. The van der Waals surface area contributed by atoms with Gasteiger partial charge in [-0.1, -0.05) is 13.3 Å². The van der Waals surface area contributed by atoms with E-state index in [-0.39, 0.29) is 17.6 Å². The van der Waals surface area contributed by atoms with Crippen LogP contribution in [-0.4, -0.2) is 23.4 Å². The van der Waals surface area contributed by atoms with E-state index in [9.17, 15) is 14.9 Å². The number of aryl methyl sites for hydroxylation is 1. The van der Waals surface area contributed by atoms with E-state index >= 15 is 0 Å². The van der Waals surface area contributed by atoms with E-state index in [1.165, 1.54) is 12.1 Å². The average Bonchev–Trinajstić information content (AvgIpc) is 2.49. The molecule has 2 unspecified atom stereocenters. The molecule has 2 rings (SSSR count). The summed E-state index contributed by atoms with van der Waals surface area (Å²) in [5.41, 5.74) is 1.36. The van der Waals surface area contributed by atoms with Gasteiger partial charge in [-0.05, 0) is 43.9 Å². The zero-order valence-corrected chi connectivity index (χ0v) is 12.4. The average molecular weight is 291 g/mol. The molecule has 1 aromatic carbocycles. The summed E-state index contributed by atoms with van der Waals surface area (Å²) in [4.78, 5) is 22.6. The van der Waals surface area contributed by atoms with Crippen LogP contribution < -0.4 is 10.6 Å². The van der Waals surface area contributed by atoms with Gasteiger partial charge in [0.05, 0.1) is 11.0 Å². The smallest absolute Gasteiger partial charge is 0.269 e. The Bertz CT molecular complexity index is 545. The highest BCUT2D eigenvalue weighted by Gasteiger charge is 2.26. The molecule has 1 aromatic rings. The van der Waals surface area contributed by atoms with Gasteiger partial charge in [-0.3, -0.25) is 14.9 Å². The molecular weight excluding hydrogens is 270 g/mol. The molecule has 2 atom stereocenters. The molecule has 0 bridgehead atoms. The number of carbonyl (C=O) groups is 1. The predicted octanol–water partition coefficient (Wildman–Crippen LogP) is 2.62. The van der Waals surface area contributed by atoms with Crippen LogP contribution in [0.3, 0.4) is 0 Å². The monoisotopic (exact) mass is 291 g/mol. The molecule has 6 heteroatoms. The van der Waals surface area contributed by atoms with Gasteiger partial charge in [0, 0.05) is 17.8 Å². The van der Waals surface area contributed by atoms with E-state index < -0.39 is 4.92 Å². The third kappa shape index (κ3) is 3.78. The second kappa shape index (κ2) is 6.67. The standard InChI is InChI=1S/C15H21N3O3/c1-3-11-6-7-16-14(9-11)15(19)17-13-5-4-12(18(20)21)8-10(13)2/h4-5,8,11,14,16H,3,6-7,9H2,1-2H3,(H,17,19). The molecule has 1 heterocycles. The van der Waals surface area contributed by atoms with Gasteiger partial charge in [0.15, 0.2) is 0 Å². The molecule has 1 fully saturated rings. The van der Waals surface area contributed by atoms with Crippen molar-refractivity contribution in [2.45, 2.75) is 39.2 Å². The third-order valence-electron chi connectivity index (χ3n) is 4.08. The predicted molar refractivity (Wildman–Crippen MR) is 81.3 cm³/mol. The van der Waals surface area contributed by atoms with Crippen LogP contribution in [0.25, 0.3) is 0 Å². The number of carbonyl (C=O) groups excluding carboxylic acids is 1. The first-order chi connectivity index (χ1) is 10.0. The van der Waals surface area contributed by atoms with E-state index in [4.69, 9.17) is 0 Å². The van der Waals surface area contributed by atoms with Crippen molar-refractivity contribution in [1.82, 2.24) is 5.32 Å². The van der Waals surface area contributed by atoms with Gasteiger partial charge in [0.1, 0.15) is 0 Å². The second-order valence-corrected chi connectivity index (χ2v) is 5.55. The summed E-state index contributed by atoms with van der Waals surface area (Å²) >= 11 is 0.